The summed E-state index contributed by atoms with van der Waals surface area (Å²) in [5.41, 5.74) is 5.12. The van der Waals surface area contributed by atoms with Crippen LogP contribution in [0.25, 0.3) is 0 Å². The monoisotopic (exact) mass is 328 g/mol. The van der Waals surface area contributed by atoms with E-state index in [2.05, 4.69) is 15.9 Å². The van der Waals surface area contributed by atoms with E-state index >= 15 is 0 Å². The molecule has 0 saturated carbocycles. The van der Waals surface area contributed by atoms with Gasteiger partial charge in [0.15, 0.2) is 0 Å². The maximum atomic E-state index is 12.4. The van der Waals surface area contributed by atoms with Crippen molar-refractivity contribution in [3.8, 4) is 6.07 Å². The molecule has 1 aromatic carbocycles. The van der Waals surface area contributed by atoms with Gasteiger partial charge in [0.1, 0.15) is 0 Å². The van der Waals surface area contributed by atoms with Gasteiger partial charge in [-0.2, -0.15) is 18.4 Å². The van der Waals surface area contributed by atoms with Crippen molar-refractivity contribution < 1.29 is 13.2 Å². The molecule has 0 aliphatic carbocycles. The van der Waals surface area contributed by atoms with Crippen molar-refractivity contribution in [2.75, 3.05) is 0 Å². The van der Waals surface area contributed by atoms with Gasteiger partial charge in [0.25, 0.3) is 0 Å². The average molecular weight is 330 g/mol. The number of hydrogen-bond acceptors (Lipinski definition) is 2. The Morgan fingerprint density at radius 1 is 1.41 bits per heavy atom. The minimum Gasteiger partial charge on any atom is -0.323 e. The Morgan fingerprint density at radius 2 is 2.00 bits per heavy atom. The molecule has 0 aliphatic rings. The van der Waals surface area contributed by atoms with Gasteiger partial charge in [-0.1, -0.05) is 15.9 Å². The lowest BCUT2D eigenvalue weighted by molar-refractivity contribution is -0.137. The highest BCUT2D eigenvalue weighted by molar-refractivity contribution is 9.10. The molecule has 0 saturated heterocycles. The third-order valence-corrected chi connectivity index (χ3v) is 2.76. The molecule has 0 unspecified atom stereocenters. The van der Waals surface area contributed by atoms with Crippen LogP contribution in [0.3, 0.4) is 0 Å². The Kier molecular flexibility index (Phi) is 5.96. The van der Waals surface area contributed by atoms with Gasteiger partial charge >= 0.3 is 6.18 Å². The fourth-order valence-electron chi connectivity index (χ4n) is 1.21. The Hall–Kier alpha value is -0.770. The van der Waals surface area contributed by atoms with Crippen LogP contribution in [-0.4, -0.2) is 0 Å². The molecular formula is C10H9BrClF3N2. The third kappa shape index (κ3) is 4.19. The number of nitriles is 1. The molecule has 1 aromatic rings. The molecule has 7 heteroatoms. The zero-order valence-electron chi connectivity index (χ0n) is 8.46. The quantitative estimate of drug-likeness (QED) is 0.897. The number of benzene rings is 1. The number of nitrogens with two attached hydrogens (primary N) is 1. The van der Waals surface area contributed by atoms with Crippen molar-refractivity contribution in [3.05, 3.63) is 33.8 Å². The summed E-state index contributed by atoms with van der Waals surface area (Å²) in [4.78, 5) is 0. The molecule has 0 fully saturated rings. The third-order valence-electron chi connectivity index (χ3n) is 2.03. The van der Waals surface area contributed by atoms with Gasteiger partial charge in [-0.15, -0.1) is 12.4 Å². The zero-order chi connectivity index (χ0) is 12.3. The minimum atomic E-state index is -4.40. The molecule has 0 amide bonds. The highest BCUT2D eigenvalue weighted by Crippen LogP contribution is 2.33. The smallest absolute Gasteiger partial charge is 0.323 e. The standard InChI is InChI=1S/C10H8BrF3N2.ClH/c11-8-2-1-6(10(12,13)14)5-7(8)9(16)3-4-15;/h1-2,5,9H,3,16H2;1H/t9-;/m0./s1. The molecule has 0 bridgehead atoms. The largest absolute Gasteiger partial charge is 0.416 e. The lowest BCUT2D eigenvalue weighted by Gasteiger charge is -2.14. The van der Waals surface area contributed by atoms with E-state index in [-0.39, 0.29) is 24.4 Å². The summed E-state index contributed by atoms with van der Waals surface area (Å²) >= 11 is 3.11. The lowest BCUT2D eigenvalue weighted by Crippen LogP contribution is -2.12. The summed E-state index contributed by atoms with van der Waals surface area (Å²) < 4.78 is 37.8. The number of rotatable bonds is 2. The fourth-order valence-corrected chi connectivity index (χ4v) is 1.75. The van der Waals surface area contributed by atoms with Crippen molar-refractivity contribution in [1.29, 1.82) is 5.26 Å². The minimum absolute atomic E-state index is 0. The molecule has 1 atom stereocenters. The number of hydrogen-bond donors (Lipinski definition) is 1. The zero-order valence-corrected chi connectivity index (χ0v) is 10.9. The molecule has 1 rings (SSSR count). The van der Waals surface area contributed by atoms with Crippen LogP contribution in [0.15, 0.2) is 22.7 Å². The molecule has 94 valence electrons. The van der Waals surface area contributed by atoms with Gasteiger partial charge in [0.05, 0.1) is 18.1 Å². The second-order valence-electron chi connectivity index (χ2n) is 3.20. The van der Waals surface area contributed by atoms with E-state index in [0.717, 1.165) is 12.1 Å². The van der Waals surface area contributed by atoms with Gasteiger partial charge in [-0.05, 0) is 23.8 Å². The van der Waals surface area contributed by atoms with E-state index in [0.29, 0.717) is 4.47 Å². The molecule has 0 spiro atoms. The summed E-state index contributed by atoms with van der Waals surface area (Å²) in [5, 5.41) is 8.45. The first kappa shape index (κ1) is 16.2. The summed E-state index contributed by atoms with van der Waals surface area (Å²) in [6.45, 7) is 0. The summed E-state index contributed by atoms with van der Waals surface area (Å²) in [6.07, 6.45) is -4.43. The SMILES string of the molecule is Cl.N#CC[C@H](N)c1cc(C(F)(F)F)ccc1Br. The maximum absolute atomic E-state index is 12.4. The lowest BCUT2D eigenvalue weighted by atomic mass is 10.0. The molecule has 0 heterocycles. The normalized spacial score (nSPS) is 12.5. The first-order valence-corrected chi connectivity index (χ1v) is 5.14. The highest BCUT2D eigenvalue weighted by Gasteiger charge is 2.31. The molecule has 0 radical (unpaired) electrons. The number of alkyl halides is 3. The Labute approximate surface area is 111 Å². The van der Waals surface area contributed by atoms with E-state index in [1.54, 1.807) is 0 Å². The maximum Gasteiger partial charge on any atom is 0.416 e. The molecule has 0 aliphatic heterocycles. The Bertz CT molecular complexity index is 429. The summed E-state index contributed by atoms with van der Waals surface area (Å²) in [7, 11) is 0. The van der Waals surface area contributed by atoms with Crippen molar-refractivity contribution >= 4 is 28.3 Å². The van der Waals surface area contributed by atoms with Crippen LogP contribution in [0.4, 0.5) is 13.2 Å². The van der Waals surface area contributed by atoms with Crippen LogP contribution in [0.5, 0.6) is 0 Å². The first-order valence-electron chi connectivity index (χ1n) is 4.35. The molecular weight excluding hydrogens is 320 g/mol. The van der Waals surface area contributed by atoms with Gasteiger partial charge in [0, 0.05) is 10.5 Å². The van der Waals surface area contributed by atoms with Crippen LogP contribution in [-0.2, 0) is 6.18 Å². The highest BCUT2D eigenvalue weighted by atomic mass is 79.9. The van der Waals surface area contributed by atoms with Crippen molar-refractivity contribution in [2.45, 2.75) is 18.6 Å². The van der Waals surface area contributed by atoms with Crippen LogP contribution >= 0.6 is 28.3 Å². The Balaban J connectivity index is 0.00000256. The topological polar surface area (TPSA) is 49.8 Å². The van der Waals surface area contributed by atoms with Gasteiger partial charge in [-0.3, -0.25) is 0 Å². The number of nitrogens with zero attached hydrogens (tertiary/aromatic N) is 1. The van der Waals surface area contributed by atoms with Crippen molar-refractivity contribution in [2.24, 2.45) is 5.73 Å². The van der Waals surface area contributed by atoms with E-state index in [1.165, 1.54) is 6.07 Å². The number of halogens is 5. The summed E-state index contributed by atoms with van der Waals surface area (Å²) in [6, 6.07) is 4.32. The van der Waals surface area contributed by atoms with Crippen LogP contribution in [0.2, 0.25) is 0 Å². The van der Waals surface area contributed by atoms with Crippen molar-refractivity contribution in [3.63, 3.8) is 0 Å². The van der Waals surface area contributed by atoms with E-state index < -0.39 is 17.8 Å². The van der Waals surface area contributed by atoms with Crippen LogP contribution in [0, 0.1) is 11.3 Å². The molecule has 2 N–H and O–H groups in total. The second-order valence-corrected chi connectivity index (χ2v) is 4.06. The van der Waals surface area contributed by atoms with Crippen LogP contribution < -0.4 is 5.73 Å². The molecule has 17 heavy (non-hydrogen) atoms. The first-order chi connectivity index (χ1) is 7.36. The summed E-state index contributed by atoms with van der Waals surface area (Å²) in [5.74, 6) is 0. The molecule has 2 nitrogen and oxygen atoms in total. The predicted molar refractivity (Wildman–Crippen MR) is 63.6 cm³/mol. The van der Waals surface area contributed by atoms with E-state index in [9.17, 15) is 13.2 Å². The van der Waals surface area contributed by atoms with Gasteiger partial charge in [0.2, 0.25) is 0 Å². The van der Waals surface area contributed by atoms with Crippen molar-refractivity contribution in [1.82, 2.24) is 0 Å². The van der Waals surface area contributed by atoms with Gasteiger partial charge in [-0.25, -0.2) is 0 Å². The predicted octanol–water partition coefficient (Wildman–Crippen LogP) is 3.80. The molecule has 0 aromatic heterocycles. The van der Waals surface area contributed by atoms with E-state index in [1.807, 2.05) is 6.07 Å². The average Bonchev–Trinajstić information content (AvgIpc) is 2.16. The fraction of sp³-hybridized carbons (Fsp3) is 0.300. The van der Waals surface area contributed by atoms with E-state index in [4.69, 9.17) is 11.0 Å². The van der Waals surface area contributed by atoms with Crippen LogP contribution in [0.1, 0.15) is 23.6 Å². The second kappa shape index (κ2) is 6.24. The Morgan fingerprint density at radius 3 is 2.47 bits per heavy atom. The van der Waals surface area contributed by atoms with Gasteiger partial charge < -0.3 is 5.73 Å².